The Balaban J connectivity index is 2.43. The molecule has 0 N–H and O–H groups in total. The van der Waals surface area contributed by atoms with Gasteiger partial charge in [0.2, 0.25) is 6.79 Å². The third-order valence-electron chi connectivity index (χ3n) is 2.53. The standard InChI is InChI=1S/C13H10BrNO3/c1-2-11(16)9(6-15)3-8-4-12-13(5-10(8)14)18-7-17-12/h3-5H,2,7H2,1H3/b9-3+. The highest BCUT2D eigenvalue weighted by Gasteiger charge is 2.16. The summed E-state index contributed by atoms with van der Waals surface area (Å²) in [6.07, 6.45) is 1.86. The molecule has 0 aromatic heterocycles. The highest BCUT2D eigenvalue weighted by Crippen LogP contribution is 2.37. The summed E-state index contributed by atoms with van der Waals surface area (Å²) >= 11 is 3.38. The van der Waals surface area contributed by atoms with Crippen LogP contribution in [0, 0.1) is 11.3 Å². The summed E-state index contributed by atoms with van der Waals surface area (Å²) in [6.45, 7) is 1.91. The molecule has 1 aromatic rings. The fourth-order valence-electron chi connectivity index (χ4n) is 1.56. The average Bonchev–Trinajstić information content (AvgIpc) is 2.81. The second-order valence-electron chi connectivity index (χ2n) is 3.67. The lowest BCUT2D eigenvalue weighted by atomic mass is 10.1. The molecule has 0 amide bonds. The third kappa shape index (κ3) is 2.39. The maximum absolute atomic E-state index is 11.5. The molecule has 0 fully saturated rings. The Bertz CT molecular complexity index is 572. The van der Waals surface area contributed by atoms with E-state index in [-0.39, 0.29) is 18.1 Å². The molecular formula is C13H10BrNO3. The predicted molar refractivity (Wildman–Crippen MR) is 69.2 cm³/mol. The summed E-state index contributed by atoms with van der Waals surface area (Å²) in [4.78, 5) is 11.5. The molecule has 1 aromatic carbocycles. The number of halogens is 1. The van der Waals surface area contributed by atoms with Gasteiger partial charge in [0.25, 0.3) is 0 Å². The van der Waals surface area contributed by atoms with Gasteiger partial charge in [0.05, 0.1) is 5.57 Å². The first kappa shape index (κ1) is 12.7. The minimum atomic E-state index is -0.179. The molecule has 0 spiro atoms. The van der Waals surface area contributed by atoms with Gasteiger partial charge in [-0.25, -0.2) is 0 Å². The number of fused-ring (bicyclic) bond motifs is 1. The van der Waals surface area contributed by atoms with Crippen molar-refractivity contribution in [1.29, 1.82) is 5.26 Å². The van der Waals surface area contributed by atoms with Crippen LogP contribution in [-0.4, -0.2) is 12.6 Å². The number of carbonyl (C=O) groups excluding carboxylic acids is 1. The van der Waals surface area contributed by atoms with Crippen molar-refractivity contribution in [2.75, 3.05) is 6.79 Å². The van der Waals surface area contributed by atoms with Crippen LogP contribution in [0.15, 0.2) is 22.2 Å². The number of hydrogen-bond acceptors (Lipinski definition) is 4. The molecule has 2 rings (SSSR count). The Morgan fingerprint density at radius 3 is 2.78 bits per heavy atom. The van der Waals surface area contributed by atoms with E-state index in [9.17, 15) is 4.79 Å². The molecule has 0 radical (unpaired) electrons. The molecule has 0 atom stereocenters. The highest BCUT2D eigenvalue weighted by molar-refractivity contribution is 9.10. The largest absolute Gasteiger partial charge is 0.454 e. The van der Waals surface area contributed by atoms with Gasteiger partial charge < -0.3 is 9.47 Å². The Morgan fingerprint density at radius 1 is 1.50 bits per heavy atom. The van der Waals surface area contributed by atoms with E-state index in [0.29, 0.717) is 17.9 Å². The van der Waals surface area contributed by atoms with Crippen molar-refractivity contribution >= 4 is 27.8 Å². The molecule has 0 saturated carbocycles. The number of carbonyl (C=O) groups is 1. The number of nitriles is 1. The summed E-state index contributed by atoms with van der Waals surface area (Å²) in [7, 11) is 0. The Labute approximate surface area is 113 Å². The highest BCUT2D eigenvalue weighted by atomic mass is 79.9. The lowest BCUT2D eigenvalue weighted by molar-refractivity contribution is -0.114. The second-order valence-corrected chi connectivity index (χ2v) is 4.53. The van der Waals surface area contributed by atoms with Crippen LogP contribution < -0.4 is 9.47 Å². The van der Waals surface area contributed by atoms with E-state index in [2.05, 4.69) is 15.9 Å². The van der Waals surface area contributed by atoms with E-state index in [0.717, 1.165) is 10.0 Å². The lowest BCUT2D eigenvalue weighted by Crippen LogP contribution is -1.98. The molecule has 92 valence electrons. The van der Waals surface area contributed by atoms with Gasteiger partial charge in [0, 0.05) is 10.9 Å². The number of rotatable bonds is 3. The zero-order valence-corrected chi connectivity index (χ0v) is 11.3. The molecule has 5 heteroatoms. The van der Waals surface area contributed by atoms with Gasteiger partial charge in [-0.1, -0.05) is 22.9 Å². The van der Waals surface area contributed by atoms with Gasteiger partial charge in [-0.15, -0.1) is 0 Å². The van der Waals surface area contributed by atoms with E-state index < -0.39 is 0 Å². The summed E-state index contributed by atoms with van der Waals surface area (Å²) in [5.74, 6) is 1.09. The van der Waals surface area contributed by atoms with Crippen LogP contribution in [0.2, 0.25) is 0 Å². The van der Waals surface area contributed by atoms with Gasteiger partial charge in [-0.2, -0.15) is 5.26 Å². The minimum absolute atomic E-state index is 0.136. The van der Waals surface area contributed by atoms with E-state index in [1.165, 1.54) is 0 Å². The van der Waals surface area contributed by atoms with Gasteiger partial charge in [-0.3, -0.25) is 4.79 Å². The molecule has 1 heterocycles. The molecule has 18 heavy (non-hydrogen) atoms. The second kappa shape index (κ2) is 5.23. The van der Waals surface area contributed by atoms with Crippen LogP contribution in [0.4, 0.5) is 0 Å². The third-order valence-corrected chi connectivity index (χ3v) is 3.22. The van der Waals surface area contributed by atoms with E-state index >= 15 is 0 Å². The van der Waals surface area contributed by atoms with Gasteiger partial charge in [0.1, 0.15) is 6.07 Å². The normalized spacial score (nSPS) is 13.3. The first-order valence-electron chi connectivity index (χ1n) is 5.40. The number of hydrogen-bond donors (Lipinski definition) is 0. The molecule has 1 aliphatic heterocycles. The van der Waals surface area contributed by atoms with Crippen LogP contribution in [0.5, 0.6) is 11.5 Å². The smallest absolute Gasteiger partial charge is 0.231 e. The van der Waals surface area contributed by atoms with E-state index in [4.69, 9.17) is 14.7 Å². The van der Waals surface area contributed by atoms with Gasteiger partial charge in [0.15, 0.2) is 17.3 Å². The van der Waals surface area contributed by atoms with Crippen molar-refractivity contribution in [2.24, 2.45) is 0 Å². The Kier molecular flexibility index (Phi) is 3.68. The van der Waals surface area contributed by atoms with Crippen molar-refractivity contribution in [3.05, 3.63) is 27.7 Å². The number of Topliss-reactive ketones (excluding diaryl/α,β-unsaturated/α-hetero) is 1. The molecule has 0 aliphatic carbocycles. The van der Waals surface area contributed by atoms with Crippen molar-refractivity contribution in [3.8, 4) is 17.6 Å². The topological polar surface area (TPSA) is 59.3 Å². The van der Waals surface area contributed by atoms with Crippen molar-refractivity contribution < 1.29 is 14.3 Å². The van der Waals surface area contributed by atoms with Crippen LogP contribution in [0.3, 0.4) is 0 Å². The first-order valence-corrected chi connectivity index (χ1v) is 6.19. The fraction of sp³-hybridized carbons (Fsp3) is 0.231. The molecule has 1 aliphatic rings. The number of benzene rings is 1. The SMILES string of the molecule is CCC(=O)/C(C#N)=C/c1cc2c(cc1Br)OCO2. The monoisotopic (exact) mass is 307 g/mol. The van der Waals surface area contributed by atoms with Crippen LogP contribution in [0.25, 0.3) is 6.08 Å². The van der Waals surface area contributed by atoms with E-state index in [1.807, 2.05) is 6.07 Å². The lowest BCUT2D eigenvalue weighted by Gasteiger charge is -2.02. The number of ketones is 1. The number of ether oxygens (including phenoxy) is 2. The average molecular weight is 308 g/mol. The van der Waals surface area contributed by atoms with Crippen molar-refractivity contribution in [3.63, 3.8) is 0 Å². The fourth-order valence-corrected chi connectivity index (χ4v) is 2.00. The number of nitrogens with zero attached hydrogens (tertiary/aromatic N) is 1. The van der Waals surface area contributed by atoms with Crippen molar-refractivity contribution in [1.82, 2.24) is 0 Å². The predicted octanol–water partition coefficient (Wildman–Crippen LogP) is 3.06. The van der Waals surface area contributed by atoms with Crippen LogP contribution in [0.1, 0.15) is 18.9 Å². The Hall–Kier alpha value is -1.80. The minimum Gasteiger partial charge on any atom is -0.454 e. The Morgan fingerprint density at radius 2 is 2.17 bits per heavy atom. The molecule has 0 saturated heterocycles. The zero-order chi connectivity index (χ0) is 13.1. The summed E-state index contributed by atoms with van der Waals surface area (Å²) in [6, 6.07) is 5.42. The molecule has 4 nitrogen and oxygen atoms in total. The summed E-state index contributed by atoms with van der Waals surface area (Å²) in [5, 5.41) is 8.96. The van der Waals surface area contributed by atoms with E-state index in [1.54, 1.807) is 25.1 Å². The summed E-state index contributed by atoms with van der Waals surface area (Å²) < 4.78 is 11.2. The van der Waals surface area contributed by atoms with Crippen LogP contribution in [-0.2, 0) is 4.79 Å². The molecule has 0 unspecified atom stereocenters. The van der Waals surface area contributed by atoms with Gasteiger partial charge >= 0.3 is 0 Å². The van der Waals surface area contributed by atoms with Crippen molar-refractivity contribution in [2.45, 2.75) is 13.3 Å². The summed E-state index contributed by atoms with van der Waals surface area (Å²) in [5.41, 5.74) is 0.856. The zero-order valence-electron chi connectivity index (χ0n) is 9.70. The molecular weight excluding hydrogens is 298 g/mol. The van der Waals surface area contributed by atoms with Crippen LogP contribution >= 0.6 is 15.9 Å². The van der Waals surface area contributed by atoms with Gasteiger partial charge in [-0.05, 0) is 23.8 Å². The quantitative estimate of drug-likeness (QED) is 0.636. The maximum atomic E-state index is 11.5. The first-order chi connectivity index (χ1) is 8.65. The maximum Gasteiger partial charge on any atom is 0.231 e. The number of allylic oxidation sites excluding steroid dienone is 1. The molecule has 0 bridgehead atoms.